The summed E-state index contributed by atoms with van der Waals surface area (Å²) in [5.74, 6) is -9.85. The highest BCUT2D eigenvalue weighted by atomic mass is 19.3. The first-order valence-corrected chi connectivity index (χ1v) is 17.8. The number of hydrogen-bond donors (Lipinski definition) is 2. The summed E-state index contributed by atoms with van der Waals surface area (Å²) in [4.78, 5) is 29.0. The van der Waals surface area contributed by atoms with Gasteiger partial charge in [-0.25, -0.2) is 8.78 Å². The molecule has 14 heteroatoms. The Morgan fingerprint density at radius 2 is 1.61 bits per heavy atom. The van der Waals surface area contributed by atoms with Crippen LogP contribution in [0.4, 0.5) is 39.2 Å². The minimum absolute atomic E-state index is 0.0203. The van der Waals surface area contributed by atoms with Gasteiger partial charge in [0.15, 0.2) is 5.82 Å². The standard InChI is InChI=1S/C40H38F5N5O4/c41-29-19-27(20-30(42)22-29)18-26-6-9-35-34(21-26)37(48-47-35)46-38(51)33-8-7-31(49-14-10-32(11-15-49)54-24-25-4-2-1-3-5-25)23-36(33)50(45)39(52)40(43,44)28-12-16-53-17-13-28/h1-9,19-23,28,32H,10-18,24H2,(H2,46,47,48,51). The molecule has 5 aromatic rings. The van der Waals surface area contributed by atoms with Gasteiger partial charge >= 0.3 is 11.8 Å². The van der Waals surface area contributed by atoms with Gasteiger partial charge in [0.05, 0.1) is 29.5 Å². The third-order valence-corrected chi connectivity index (χ3v) is 9.96. The number of carbonyl (C=O) groups excluding carboxylic acids is 2. The normalized spacial score (nSPS) is 15.8. The van der Waals surface area contributed by atoms with Crippen LogP contribution in [0.5, 0.6) is 0 Å². The van der Waals surface area contributed by atoms with Gasteiger partial charge in [0.2, 0.25) is 0 Å². The van der Waals surface area contributed by atoms with E-state index in [0.717, 1.165) is 11.6 Å². The van der Waals surface area contributed by atoms with E-state index in [1.165, 1.54) is 24.3 Å². The zero-order valence-electron chi connectivity index (χ0n) is 29.2. The molecule has 0 spiro atoms. The number of benzene rings is 4. The van der Waals surface area contributed by atoms with Gasteiger partial charge < -0.3 is 19.7 Å². The number of aromatic amines is 1. The summed E-state index contributed by atoms with van der Waals surface area (Å²) in [5.41, 5.74) is 2.03. The van der Waals surface area contributed by atoms with Crippen molar-refractivity contribution in [1.29, 1.82) is 0 Å². The molecule has 3 heterocycles. The molecule has 7 rings (SSSR count). The SMILES string of the molecule is O=C(Nc1n[nH]c2ccc(Cc3cc(F)cc(F)c3)cc12)c1ccc(N2CCC(OCc3ccccc3)CC2)cc1N(F)C(=O)C(F)(F)C1CCOCC1. The maximum absolute atomic E-state index is 16.2. The molecule has 0 aliphatic carbocycles. The predicted molar refractivity (Wildman–Crippen MR) is 193 cm³/mol. The van der Waals surface area contributed by atoms with Gasteiger partial charge in [0, 0.05) is 49.4 Å². The van der Waals surface area contributed by atoms with Crippen LogP contribution >= 0.6 is 0 Å². The Morgan fingerprint density at radius 3 is 2.33 bits per heavy atom. The molecule has 0 unspecified atom stereocenters. The summed E-state index contributed by atoms with van der Waals surface area (Å²) in [5, 5.41) is 9.40. The molecule has 4 aromatic carbocycles. The molecule has 2 N–H and O–H groups in total. The highest BCUT2D eigenvalue weighted by Crippen LogP contribution is 2.38. The van der Waals surface area contributed by atoms with E-state index in [1.807, 2.05) is 35.2 Å². The summed E-state index contributed by atoms with van der Waals surface area (Å²) in [6.07, 6.45) is 1.20. The minimum Gasteiger partial charge on any atom is -0.381 e. The molecule has 2 aliphatic rings. The third kappa shape index (κ3) is 8.24. The average molecular weight is 748 g/mol. The van der Waals surface area contributed by atoms with Gasteiger partial charge in [-0.3, -0.25) is 14.7 Å². The van der Waals surface area contributed by atoms with Gasteiger partial charge in [0.25, 0.3) is 5.91 Å². The van der Waals surface area contributed by atoms with E-state index in [9.17, 15) is 18.4 Å². The minimum atomic E-state index is -4.06. The van der Waals surface area contributed by atoms with Crippen molar-refractivity contribution in [3.63, 3.8) is 0 Å². The molecule has 2 saturated heterocycles. The number of H-pyrrole nitrogens is 1. The fraction of sp³-hybridized carbons (Fsp3) is 0.325. The van der Waals surface area contributed by atoms with E-state index >= 15 is 13.3 Å². The van der Waals surface area contributed by atoms with Crippen molar-refractivity contribution in [2.75, 3.05) is 41.6 Å². The summed E-state index contributed by atoms with van der Waals surface area (Å²) >= 11 is 0. The highest BCUT2D eigenvalue weighted by Gasteiger charge is 2.51. The van der Waals surface area contributed by atoms with Crippen LogP contribution in [-0.4, -0.2) is 60.3 Å². The zero-order chi connectivity index (χ0) is 37.8. The van der Waals surface area contributed by atoms with Gasteiger partial charge in [-0.2, -0.15) is 13.9 Å². The first-order valence-electron chi connectivity index (χ1n) is 17.8. The number of alkyl halides is 2. The molecule has 0 atom stereocenters. The van der Waals surface area contributed by atoms with Crippen LogP contribution in [0, 0.1) is 17.6 Å². The van der Waals surface area contributed by atoms with Crippen LogP contribution in [0.3, 0.4) is 0 Å². The number of carbonyl (C=O) groups is 2. The Morgan fingerprint density at radius 1 is 0.889 bits per heavy atom. The fourth-order valence-electron chi connectivity index (χ4n) is 7.01. The Kier molecular flexibility index (Phi) is 10.9. The third-order valence-electron chi connectivity index (χ3n) is 9.96. The first-order chi connectivity index (χ1) is 26.0. The van der Waals surface area contributed by atoms with Crippen molar-refractivity contribution in [1.82, 2.24) is 10.2 Å². The molecule has 0 saturated carbocycles. The first kappa shape index (κ1) is 37.0. The van der Waals surface area contributed by atoms with Gasteiger partial charge in [0.1, 0.15) is 11.6 Å². The van der Waals surface area contributed by atoms with Crippen molar-refractivity contribution in [3.05, 3.63) is 119 Å². The highest BCUT2D eigenvalue weighted by molar-refractivity contribution is 6.13. The molecular weight excluding hydrogens is 709 g/mol. The van der Waals surface area contributed by atoms with Crippen LogP contribution in [0.1, 0.15) is 52.7 Å². The lowest BCUT2D eigenvalue weighted by Crippen LogP contribution is -2.47. The average Bonchev–Trinajstić information content (AvgIpc) is 3.58. The van der Waals surface area contributed by atoms with Crippen molar-refractivity contribution in [3.8, 4) is 0 Å². The zero-order valence-corrected chi connectivity index (χ0v) is 29.2. The number of nitrogens with one attached hydrogen (secondary N) is 2. The Balaban J connectivity index is 1.13. The second-order valence-corrected chi connectivity index (χ2v) is 13.6. The monoisotopic (exact) mass is 747 g/mol. The Hall–Kier alpha value is -5.34. The molecule has 2 aliphatic heterocycles. The number of ether oxygens (including phenoxy) is 2. The molecule has 0 radical (unpaired) electrons. The van der Waals surface area contributed by atoms with Crippen molar-refractivity contribution in [2.45, 2.75) is 50.7 Å². The number of nitrogens with zero attached hydrogens (tertiary/aromatic N) is 3. The second kappa shape index (κ2) is 15.9. The van der Waals surface area contributed by atoms with E-state index in [-0.39, 0.29) is 50.0 Å². The predicted octanol–water partition coefficient (Wildman–Crippen LogP) is 8.15. The molecule has 2 fully saturated rings. The molecule has 54 heavy (non-hydrogen) atoms. The number of piperidine rings is 1. The second-order valence-electron chi connectivity index (χ2n) is 13.6. The number of hydrogen-bond acceptors (Lipinski definition) is 6. The maximum Gasteiger partial charge on any atom is 0.330 e. The van der Waals surface area contributed by atoms with Gasteiger partial charge in [-0.15, -0.1) is 5.12 Å². The number of amides is 2. The summed E-state index contributed by atoms with van der Waals surface area (Å²) < 4.78 is 86.1. The van der Waals surface area contributed by atoms with Gasteiger partial charge in [-0.05, 0) is 91.3 Å². The topological polar surface area (TPSA) is 99.8 Å². The van der Waals surface area contributed by atoms with Crippen LogP contribution < -0.4 is 15.3 Å². The van der Waals surface area contributed by atoms with E-state index in [4.69, 9.17) is 9.47 Å². The number of aromatic nitrogens is 2. The van der Waals surface area contributed by atoms with Crippen molar-refractivity contribution < 1.29 is 41.1 Å². The van der Waals surface area contributed by atoms with E-state index < -0.39 is 46.1 Å². The summed E-state index contributed by atoms with van der Waals surface area (Å²) in [7, 11) is 0. The number of rotatable bonds is 11. The van der Waals surface area contributed by atoms with Crippen molar-refractivity contribution >= 4 is 39.9 Å². The molecular formula is C40H38F5N5O4. The smallest absolute Gasteiger partial charge is 0.330 e. The Bertz CT molecular complexity index is 2100. The molecule has 1 aromatic heterocycles. The number of anilines is 3. The molecule has 282 valence electrons. The quantitative estimate of drug-likeness (QED) is 0.105. The number of fused-ring (bicyclic) bond motifs is 1. The van der Waals surface area contributed by atoms with Crippen LogP contribution in [0.15, 0.2) is 84.9 Å². The van der Waals surface area contributed by atoms with Gasteiger partial charge in [-0.1, -0.05) is 40.9 Å². The fourth-order valence-corrected chi connectivity index (χ4v) is 7.01. The van der Waals surface area contributed by atoms with E-state index in [2.05, 4.69) is 15.5 Å². The lowest BCUT2D eigenvalue weighted by atomic mass is 9.92. The van der Waals surface area contributed by atoms with Crippen molar-refractivity contribution in [2.24, 2.45) is 5.92 Å². The maximum atomic E-state index is 16.2. The van der Waals surface area contributed by atoms with E-state index in [1.54, 1.807) is 24.3 Å². The molecule has 0 bridgehead atoms. The Labute approximate surface area is 308 Å². The molecule has 9 nitrogen and oxygen atoms in total. The lowest BCUT2D eigenvalue weighted by molar-refractivity contribution is -0.159. The van der Waals surface area contributed by atoms with Crippen LogP contribution in [-0.2, 0) is 27.3 Å². The summed E-state index contributed by atoms with van der Waals surface area (Å²) in [6, 6.07) is 22.2. The summed E-state index contributed by atoms with van der Waals surface area (Å²) in [6.45, 7) is 1.51. The van der Waals surface area contributed by atoms with Crippen LogP contribution in [0.25, 0.3) is 10.9 Å². The van der Waals surface area contributed by atoms with E-state index in [0.29, 0.717) is 60.3 Å². The number of halogens is 5. The van der Waals surface area contributed by atoms with Crippen LogP contribution in [0.2, 0.25) is 0 Å². The lowest BCUT2D eigenvalue weighted by Gasteiger charge is -2.34. The molecule has 2 amide bonds. The largest absolute Gasteiger partial charge is 0.381 e.